The van der Waals surface area contributed by atoms with Crippen molar-refractivity contribution < 1.29 is 17.7 Å². The molecule has 1 N–H and O–H groups in total. The predicted octanol–water partition coefficient (Wildman–Crippen LogP) is 2.63. The number of piperidine rings is 1. The third kappa shape index (κ3) is 3.32. The Morgan fingerprint density at radius 3 is 2.14 bits per heavy atom. The number of carbonyl (C=O) groups excluding carboxylic acids is 1. The van der Waals surface area contributed by atoms with Gasteiger partial charge in [-0.15, -0.1) is 0 Å². The van der Waals surface area contributed by atoms with Gasteiger partial charge in [0.15, 0.2) is 5.76 Å². The molecule has 1 aromatic heterocycles. The second-order valence-electron chi connectivity index (χ2n) is 9.80. The van der Waals surface area contributed by atoms with Crippen molar-refractivity contribution in [1.82, 2.24) is 14.8 Å². The number of aryl methyl sites for hydroxylation is 2. The fourth-order valence-corrected chi connectivity index (χ4v) is 8.53. The van der Waals surface area contributed by atoms with Crippen molar-refractivity contribution in [2.24, 2.45) is 29.6 Å². The van der Waals surface area contributed by atoms with Gasteiger partial charge in [0.1, 0.15) is 10.6 Å². The minimum Gasteiger partial charge on any atom is -0.360 e. The average molecular weight is 422 g/mol. The second kappa shape index (κ2) is 7.08. The number of carbonyl (C=O) groups is 1. The maximum Gasteiger partial charge on any atom is 0.248 e. The molecule has 8 heteroatoms. The molecule has 1 amide bonds. The summed E-state index contributed by atoms with van der Waals surface area (Å²) in [5, 5.41) is 7.18. The lowest BCUT2D eigenvalue weighted by atomic mass is 9.54. The van der Waals surface area contributed by atoms with E-state index in [1.54, 1.807) is 13.8 Å². The maximum absolute atomic E-state index is 13.0. The summed E-state index contributed by atoms with van der Waals surface area (Å²) in [6.45, 7) is 4.00. The Morgan fingerprint density at radius 2 is 1.62 bits per heavy atom. The Balaban J connectivity index is 1.20. The number of hydrogen-bond donors (Lipinski definition) is 1. The number of nitrogens with one attached hydrogen (secondary N) is 1. The van der Waals surface area contributed by atoms with Gasteiger partial charge in [0.25, 0.3) is 0 Å². The van der Waals surface area contributed by atoms with Gasteiger partial charge in [0.05, 0.1) is 0 Å². The minimum atomic E-state index is -3.62. The average Bonchev–Trinajstić information content (AvgIpc) is 3.03. The van der Waals surface area contributed by atoms with Crippen LogP contribution in [-0.4, -0.2) is 42.9 Å². The van der Waals surface area contributed by atoms with Gasteiger partial charge in [0.2, 0.25) is 15.9 Å². The summed E-state index contributed by atoms with van der Waals surface area (Å²) in [5.74, 6) is 3.47. The van der Waals surface area contributed by atoms with E-state index in [-0.39, 0.29) is 16.7 Å². The van der Waals surface area contributed by atoms with Crippen LogP contribution in [0.25, 0.3) is 0 Å². The molecular formula is C21H31N3O4S. The van der Waals surface area contributed by atoms with Crippen molar-refractivity contribution in [3.63, 3.8) is 0 Å². The maximum atomic E-state index is 13.0. The number of rotatable bonds is 4. The SMILES string of the molecule is Cc1noc(C)c1S(=O)(=O)N1CCC(C(=O)NC2C3CC4CC(C3)CC2C4)CC1. The van der Waals surface area contributed by atoms with Crippen molar-refractivity contribution in [3.8, 4) is 0 Å². The van der Waals surface area contributed by atoms with Gasteiger partial charge in [-0.2, -0.15) is 4.31 Å². The quantitative estimate of drug-likeness (QED) is 0.807. The lowest BCUT2D eigenvalue weighted by Gasteiger charge is -2.54. The molecule has 1 aliphatic heterocycles. The van der Waals surface area contributed by atoms with Crippen LogP contribution in [0.1, 0.15) is 56.4 Å². The molecule has 7 nitrogen and oxygen atoms in total. The van der Waals surface area contributed by atoms with Gasteiger partial charge in [-0.3, -0.25) is 4.79 Å². The van der Waals surface area contributed by atoms with Crippen LogP contribution in [0.5, 0.6) is 0 Å². The van der Waals surface area contributed by atoms with Crippen LogP contribution in [-0.2, 0) is 14.8 Å². The molecule has 1 saturated heterocycles. The zero-order valence-corrected chi connectivity index (χ0v) is 18.1. The molecule has 160 valence electrons. The van der Waals surface area contributed by atoms with Crippen molar-refractivity contribution in [2.75, 3.05) is 13.1 Å². The molecule has 4 aliphatic carbocycles. The lowest BCUT2D eigenvalue weighted by molar-refractivity contribution is -0.130. The monoisotopic (exact) mass is 421 g/mol. The third-order valence-electron chi connectivity index (χ3n) is 7.93. The molecule has 0 aromatic carbocycles. The highest BCUT2D eigenvalue weighted by molar-refractivity contribution is 7.89. The van der Waals surface area contributed by atoms with Gasteiger partial charge < -0.3 is 9.84 Å². The first-order valence-electron chi connectivity index (χ1n) is 11.1. The second-order valence-corrected chi connectivity index (χ2v) is 11.7. The fraction of sp³-hybridized carbons (Fsp3) is 0.810. The molecule has 5 fully saturated rings. The van der Waals surface area contributed by atoms with E-state index in [0.29, 0.717) is 55.3 Å². The van der Waals surface area contributed by atoms with Crippen molar-refractivity contribution in [3.05, 3.63) is 11.5 Å². The van der Waals surface area contributed by atoms with Crippen molar-refractivity contribution in [1.29, 1.82) is 0 Å². The standard InChI is InChI=1S/C21H31N3O4S/c1-12-20(13(2)28-23-12)29(26,27)24-5-3-16(4-6-24)21(25)22-19-17-8-14-7-15(10-17)11-18(19)9-14/h14-19H,3-11H2,1-2H3,(H,22,25). The Morgan fingerprint density at radius 1 is 1.03 bits per heavy atom. The molecule has 4 saturated carbocycles. The minimum absolute atomic E-state index is 0.0942. The molecule has 0 unspecified atom stereocenters. The van der Waals surface area contributed by atoms with E-state index in [4.69, 9.17) is 4.52 Å². The fourth-order valence-electron chi connectivity index (χ4n) is 6.77. The Hall–Kier alpha value is -1.41. The van der Waals surface area contributed by atoms with Gasteiger partial charge in [-0.05, 0) is 82.5 Å². The number of hydrogen-bond acceptors (Lipinski definition) is 5. The first-order chi connectivity index (χ1) is 13.8. The number of nitrogens with zero attached hydrogens (tertiary/aromatic N) is 2. The number of aromatic nitrogens is 1. The highest BCUT2D eigenvalue weighted by Gasteiger charge is 2.49. The van der Waals surface area contributed by atoms with Crippen molar-refractivity contribution >= 4 is 15.9 Å². The topological polar surface area (TPSA) is 92.5 Å². The first-order valence-corrected chi connectivity index (χ1v) is 12.5. The zero-order chi connectivity index (χ0) is 20.3. The van der Waals surface area contributed by atoms with Crippen LogP contribution in [0, 0.1) is 43.4 Å². The van der Waals surface area contributed by atoms with E-state index in [2.05, 4.69) is 10.5 Å². The van der Waals surface area contributed by atoms with E-state index >= 15 is 0 Å². The van der Waals surface area contributed by atoms with Crippen LogP contribution < -0.4 is 5.32 Å². The van der Waals surface area contributed by atoms with Crippen LogP contribution in [0.4, 0.5) is 0 Å². The van der Waals surface area contributed by atoms with Gasteiger partial charge >= 0.3 is 0 Å². The molecule has 2 heterocycles. The summed E-state index contributed by atoms with van der Waals surface area (Å²) in [6.07, 6.45) is 7.69. The number of sulfonamides is 1. The molecule has 5 aliphatic rings. The molecule has 4 bridgehead atoms. The molecule has 29 heavy (non-hydrogen) atoms. The summed E-state index contributed by atoms with van der Waals surface area (Å²) in [5.41, 5.74) is 0.393. The molecule has 0 atom stereocenters. The smallest absolute Gasteiger partial charge is 0.248 e. The third-order valence-corrected chi connectivity index (χ3v) is 10.1. The van der Waals surface area contributed by atoms with E-state index < -0.39 is 10.0 Å². The van der Waals surface area contributed by atoms with Crippen molar-refractivity contribution in [2.45, 2.75) is 69.7 Å². The van der Waals surface area contributed by atoms with E-state index in [1.807, 2.05) is 0 Å². The zero-order valence-electron chi connectivity index (χ0n) is 17.3. The number of amides is 1. The molecular weight excluding hydrogens is 390 g/mol. The van der Waals surface area contributed by atoms with Crippen LogP contribution >= 0.6 is 0 Å². The highest BCUT2D eigenvalue weighted by atomic mass is 32.2. The summed E-state index contributed by atoms with van der Waals surface area (Å²) >= 11 is 0. The molecule has 6 rings (SSSR count). The summed E-state index contributed by atoms with van der Waals surface area (Å²) in [4.78, 5) is 13.2. The molecule has 1 aromatic rings. The molecule has 0 spiro atoms. The Kier molecular flexibility index (Phi) is 4.77. The summed E-state index contributed by atoms with van der Waals surface area (Å²) in [6, 6.07) is 0.347. The normalized spacial score (nSPS) is 35.2. The largest absolute Gasteiger partial charge is 0.360 e. The van der Waals surface area contributed by atoms with Gasteiger partial charge in [0, 0.05) is 25.0 Å². The van der Waals surface area contributed by atoms with Gasteiger partial charge in [-0.25, -0.2) is 8.42 Å². The lowest BCUT2D eigenvalue weighted by Crippen LogP contribution is -2.57. The Bertz CT molecular complexity index is 854. The van der Waals surface area contributed by atoms with Crippen LogP contribution in [0.3, 0.4) is 0 Å². The van der Waals surface area contributed by atoms with E-state index in [1.165, 1.54) is 36.4 Å². The Labute approximate surface area is 172 Å². The highest BCUT2D eigenvalue weighted by Crippen LogP contribution is 2.53. The van der Waals surface area contributed by atoms with Gasteiger partial charge in [-0.1, -0.05) is 5.16 Å². The van der Waals surface area contributed by atoms with E-state index in [0.717, 1.165) is 11.8 Å². The van der Waals surface area contributed by atoms with Crippen LogP contribution in [0.2, 0.25) is 0 Å². The molecule has 0 radical (unpaired) electrons. The van der Waals surface area contributed by atoms with Crippen LogP contribution in [0.15, 0.2) is 9.42 Å². The summed E-state index contributed by atoms with van der Waals surface area (Å²) < 4.78 is 32.5. The van der Waals surface area contributed by atoms with E-state index in [9.17, 15) is 13.2 Å². The first kappa shape index (κ1) is 19.5. The predicted molar refractivity (Wildman–Crippen MR) is 106 cm³/mol. The summed E-state index contributed by atoms with van der Waals surface area (Å²) in [7, 11) is -3.62.